The number of rotatable bonds is 4. The van der Waals surface area contributed by atoms with Crippen LogP contribution in [0.2, 0.25) is 0 Å². The molecule has 1 fully saturated rings. The predicted octanol–water partition coefficient (Wildman–Crippen LogP) is 1.41. The molecule has 0 aromatic heterocycles. The third kappa shape index (κ3) is 4.26. The molecule has 1 aliphatic heterocycles. The maximum Gasteiger partial charge on any atom is 0.211 e. The summed E-state index contributed by atoms with van der Waals surface area (Å²) in [6.07, 6.45) is 1.26. The van der Waals surface area contributed by atoms with Crippen LogP contribution < -0.4 is 5.73 Å². The van der Waals surface area contributed by atoms with Crippen LogP contribution in [0.5, 0.6) is 0 Å². The Labute approximate surface area is 135 Å². The normalized spacial score (nSPS) is 21.1. The lowest BCUT2D eigenvalue weighted by molar-refractivity contribution is 0.124. The maximum atomic E-state index is 11.6. The third-order valence-corrected chi connectivity index (χ3v) is 5.68. The molecule has 0 bridgehead atoms. The van der Waals surface area contributed by atoms with Crippen molar-refractivity contribution in [2.24, 2.45) is 5.73 Å². The van der Waals surface area contributed by atoms with Crippen LogP contribution in [0, 0.1) is 0 Å². The Balaban J connectivity index is 2.12. The van der Waals surface area contributed by atoms with Gasteiger partial charge in [-0.15, -0.1) is 0 Å². The Hall–Kier alpha value is -0.470. The summed E-state index contributed by atoms with van der Waals surface area (Å²) in [6, 6.07) is 8.26. The highest BCUT2D eigenvalue weighted by molar-refractivity contribution is 9.10. The molecule has 2 atom stereocenters. The molecule has 1 aromatic carbocycles. The zero-order valence-corrected chi connectivity index (χ0v) is 14.8. The highest BCUT2D eigenvalue weighted by Crippen LogP contribution is 2.26. The van der Waals surface area contributed by atoms with Crippen molar-refractivity contribution >= 4 is 26.0 Å². The molecule has 2 unspecified atom stereocenters. The van der Waals surface area contributed by atoms with Crippen LogP contribution in [0.4, 0.5) is 0 Å². The number of nitrogens with zero attached hydrogens (tertiary/aromatic N) is 2. The van der Waals surface area contributed by atoms with Gasteiger partial charge in [0.15, 0.2) is 0 Å². The van der Waals surface area contributed by atoms with E-state index >= 15 is 0 Å². The molecule has 118 valence electrons. The summed E-state index contributed by atoms with van der Waals surface area (Å²) in [4.78, 5) is 2.27. The number of sulfonamides is 1. The highest BCUT2D eigenvalue weighted by Gasteiger charge is 2.30. The lowest BCUT2D eigenvalue weighted by Gasteiger charge is -2.40. The first kappa shape index (κ1) is 16.9. The smallest absolute Gasteiger partial charge is 0.211 e. The zero-order chi connectivity index (χ0) is 15.6. The van der Waals surface area contributed by atoms with Gasteiger partial charge < -0.3 is 5.73 Å². The Morgan fingerprint density at radius 2 is 1.67 bits per heavy atom. The Morgan fingerprint density at radius 1 is 1.14 bits per heavy atom. The first-order valence-electron chi connectivity index (χ1n) is 6.99. The van der Waals surface area contributed by atoms with Crippen LogP contribution in [0.3, 0.4) is 0 Å². The average Bonchev–Trinajstić information content (AvgIpc) is 2.40. The molecule has 0 saturated carbocycles. The number of nitrogens with two attached hydrogens (primary N) is 1. The van der Waals surface area contributed by atoms with Gasteiger partial charge in [-0.05, 0) is 24.6 Å². The Bertz CT molecular complexity index is 566. The largest absolute Gasteiger partial charge is 0.326 e. The van der Waals surface area contributed by atoms with Gasteiger partial charge in [0.05, 0.1) is 6.26 Å². The number of halogens is 1. The van der Waals surface area contributed by atoms with Gasteiger partial charge in [-0.3, -0.25) is 4.90 Å². The van der Waals surface area contributed by atoms with Crippen molar-refractivity contribution in [1.29, 1.82) is 0 Å². The minimum atomic E-state index is -3.10. The highest BCUT2D eigenvalue weighted by atomic mass is 79.9. The van der Waals surface area contributed by atoms with Crippen molar-refractivity contribution in [3.8, 4) is 0 Å². The number of piperazine rings is 1. The summed E-state index contributed by atoms with van der Waals surface area (Å²) in [5.41, 5.74) is 7.34. The molecular weight excluding hydrogens is 354 g/mol. The lowest BCUT2D eigenvalue weighted by Crippen LogP contribution is -2.52. The third-order valence-electron chi connectivity index (χ3n) is 3.85. The molecule has 21 heavy (non-hydrogen) atoms. The van der Waals surface area contributed by atoms with Crippen LogP contribution in [-0.4, -0.2) is 56.1 Å². The average molecular weight is 376 g/mol. The minimum absolute atomic E-state index is 0.0176. The molecule has 1 aliphatic rings. The van der Waals surface area contributed by atoms with E-state index in [0.29, 0.717) is 26.2 Å². The standard InChI is InChI=1S/C14H22BrN3O2S/c1-11(16)14(12-3-5-13(15)6-4-12)17-7-9-18(10-8-17)21(2,19)20/h3-6,11,14H,7-10,16H2,1-2H3. The van der Waals surface area contributed by atoms with Crippen molar-refractivity contribution in [2.75, 3.05) is 32.4 Å². The van der Waals surface area contributed by atoms with Crippen molar-refractivity contribution < 1.29 is 8.42 Å². The fourth-order valence-electron chi connectivity index (χ4n) is 2.82. The quantitative estimate of drug-likeness (QED) is 0.863. The number of benzene rings is 1. The molecule has 7 heteroatoms. The molecule has 0 aliphatic carbocycles. The molecule has 1 saturated heterocycles. The van der Waals surface area contributed by atoms with E-state index in [1.165, 1.54) is 16.1 Å². The van der Waals surface area contributed by atoms with Gasteiger partial charge >= 0.3 is 0 Å². The second-order valence-corrected chi connectivity index (χ2v) is 8.45. The maximum absolute atomic E-state index is 11.6. The molecular formula is C14H22BrN3O2S. The van der Waals surface area contributed by atoms with Gasteiger partial charge in [0, 0.05) is 42.7 Å². The van der Waals surface area contributed by atoms with Crippen LogP contribution in [0.15, 0.2) is 28.7 Å². The van der Waals surface area contributed by atoms with Crippen molar-refractivity contribution in [3.63, 3.8) is 0 Å². The Kier molecular flexibility index (Phi) is 5.43. The lowest BCUT2D eigenvalue weighted by atomic mass is 9.98. The topological polar surface area (TPSA) is 66.6 Å². The van der Waals surface area contributed by atoms with Gasteiger partial charge in [0.1, 0.15) is 0 Å². The van der Waals surface area contributed by atoms with E-state index in [4.69, 9.17) is 5.73 Å². The summed E-state index contributed by atoms with van der Waals surface area (Å²) in [7, 11) is -3.10. The summed E-state index contributed by atoms with van der Waals surface area (Å²) in [5, 5.41) is 0. The molecule has 1 aromatic rings. The van der Waals surface area contributed by atoms with Gasteiger partial charge in [0.25, 0.3) is 0 Å². The molecule has 1 heterocycles. The Morgan fingerprint density at radius 3 is 2.10 bits per heavy atom. The van der Waals surface area contributed by atoms with Crippen molar-refractivity contribution in [2.45, 2.75) is 19.0 Å². The van der Waals surface area contributed by atoms with Crippen molar-refractivity contribution in [1.82, 2.24) is 9.21 Å². The fourth-order valence-corrected chi connectivity index (χ4v) is 3.91. The van der Waals surface area contributed by atoms with Crippen LogP contribution in [0.1, 0.15) is 18.5 Å². The second kappa shape index (κ2) is 6.75. The van der Waals surface area contributed by atoms with Crippen LogP contribution >= 0.6 is 15.9 Å². The van der Waals surface area contributed by atoms with E-state index in [-0.39, 0.29) is 12.1 Å². The fraction of sp³-hybridized carbons (Fsp3) is 0.571. The summed E-state index contributed by atoms with van der Waals surface area (Å²) >= 11 is 3.44. The van der Waals surface area contributed by atoms with E-state index < -0.39 is 10.0 Å². The van der Waals surface area contributed by atoms with Gasteiger partial charge in [-0.2, -0.15) is 4.31 Å². The van der Waals surface area contributed by atoms with E-state index in [9.17, 15) is 8.42 Å². The number of hydrogen-bond donors (Lipinski definition) is 1. The van der Waals surface area contributed by atoms with Crippen LogP contribution in [0.25, 0.3) is 0 Å². The van der Waals surface area contributed by atoms with Gasteiger partial charge in [-0.25, -0.2) is 8.42 Å². The van der Waals surface area contributed by atoms with Gasteiger partial charge in [-0.1, -0.05) is 28.1 Å². The van der Waals surface area contributed by atoms with Crippen LogP contribution in [-0.2, 0) is 10.0 Å². The first-order chi connectivity index (χ1) is 9.79. The van der Waals surface area contributed by atoms with Gasteiger partial charge in [0.2, 0.25) is 10.0 Å². The SMILES string of the molecule is CC(N)C(c1ccc(Br)cc1)N1CCN(S(C)(=O)=O)CC1. The summed E-state index contributed by atoms with van der Waals surface area (Å²) in [6.45, 7) is 4.46. The second-order valence-electron chi connectivity index (χ2n) is 5.55. The molecule has 0 spiro atoms. The van der Waals surface area contributed by atoms with Crippen molar-refractivity contribution in [3.05, 3.63) is 34.3 Å². The van der Waals surface area contributed by atoms with E-state index in [2.05, 4.69) is 33.0 Å². The molecule has 0 amide bonds. The molecule has 2 N–H and O–H groups in total. The summed E-state index contributed by atoms with van der Waals surface area (Å²) < 4.78 is 25.7. The minimum Gasteiger partial charge on any atom is -0.326 e. The molecule has 2 rings (SSSR count). The molecule has 0 radical (unpaired) electrons. The monoisotopic (exact) mass is 375 g/mol. The predicted molar refractivity (Wildman–Crippen MR) is 88.5 cm³/mol. The molecule has 5 nitrogen and oxygen atoms in total. The van der Waals surface area contributed by atoms with E-state index in [1.54, 1.807) is 0 Å². The van der Waals surface area contributed by atoms with E-state index in [1.807, 2.05) is 19.1 Å². The summed E-state index contributed by atoms with van der Waals surface area (Å²) in [5.74, 6) is 0. The number of hydrogen-bond acceptors (Lipinski definition) is 4. The van der Waals surface area contributed by atoms with E-state index in [0.717, 1.165) is 4.47 Å². The zero-order valence-electron chi connectivity index (χ0n) is 12.4. The first-order valence-corrected chi connectivity index (χ1v) is 9.63.